The number of carbonyl (C=O) groups is 1. The Bertz CT molecular complexity index is 569. The Balaban J connectivity index is 2.28. The molecule has 0 bridgehead atoms. The molecule has 0 spiro atoms. The van der Waals surface area contributed by atoms with Crippen molar-refractivity contribution >= 4 is 5.97 Å². The van der Waals surface area contributed by atoms with Gasteiger partial charge in [-0.15, -0.1) is 0 Å². The lowest BCUT2D eigenvalue weighted by Crippen LogP contribution is -2.03. The Kier molecular flexibility index (Phi) is 2.71. The summed E-state index contributed by atoms with van der Waals surface area (Å²) in [5.74, 6) is 0.945. The molecule has 90 valence electrons. The molecule has 2 aromatic rings. The number of hydrogen-bond donors (Lipinski definition) is 1. The van der Waals surface area contributed by atoms with Crippen molar-refractivity contribution in [1.29, 1.82) is 0 Å². The van der Waals surface area contributed by atoms with Crippen LogP contribution in [0.4, 0.5) is 0 Å². The monoisotopic (exact) mass is 235 g/mol. The second-order valence-electron chi connectivity index (χ2n) is 3.89. The maximum Gasteiger partial charge on any atom is 0.372 e. The quantitative estimate of drug-likeness (QED) is 0.872. The van der Waals surface area contributed by atoms with Crippen molar-refractivity contribution in [2.75, 3.05) is 0 Å². The number of rotatable bonds is 3. The van der Waals surface area contributed by atoms with Crippen molar-refractivity contribution in [2.24, 2.45) is 0 Å². The van der Waals surface area contributed by atoms with Gasteiger partial charge in [0.15, 0.2) is 0 Å². The lowest BCUT2D eigenvalue weighted by molar-refractivity contribution is 0.0659. The molecular formula is C11H13N3O3. The van der Waals surface area contributed by atoms with Crippen LogP contribution in [0.25, 0.3) is 0 Å². The van der Waals surface area contributed by atoms with Crippen LogP contribution in [0.15, 0.2) is 10.5 Å². The molecule has 2 rings (SSSR count). The van der Waals surface area contributed by atoms with E-state index in [-0.39, 0.29) is 5.76 Å². The van der Waals surface area contributed by atoms with Gasteiger partial charge in [-0.1, -0.05) is 0 Å². The molecule has 2 heterocycles. The van der Waals surface area contributed by atoms with E-state index in [9.17, 15) is 4.79 Å². The van der Waals surface area contributed by atoms with Crippen molar-refractivity contribution in [3.8, 4) is 0 Å². The normalized spacial score (nSPS) is 10.8. The second kappa shape index (κ2) is 4.04. The lowest BCUT2D eigenvalue weighted by atomic mass is 10.2. The van der Waals surface area contributed by atoms with Crippen LogP contribution in [-0.4, -0.2) is 25.8 Å². The second-order valence-corrected chi connectivity index (χ2v) is 3.89. The highest BCUT2D eigenvalue weighted by Gasteiger charge is 2.15. The Morgan fingerprint density at radius 1 is 1.47 bits per heavy atom. The number of hydrogen-bond acceptors (Lipinski definition) is 4. The highest BCUT2D eigenvalue weighted by atomic mass is 16.4. The van der Waals surface area contributed by atoms with Crippen LogP contribution >= 0.6 is 0 Å². The van der Waals surface area contributed by atoms with Crippen molar-refractivity contribution in [1.82, 2.24) is 14.8 Å². The first kappa shape index (κ1) is 11.4. The SMILES string of the molecule is Cc1nc(C)n(Cc2cc(C)c(C(=O)O)o2)n1. The van der Waals surface area contributed by atoms with Gasteiger partial charge in [0.25, 0.3) is 0 Å². The van der Waals surface area contributed by atoms with Crippen molar-refractivity contribution in [3.63, 3.8) is 0 Å². The van der Waals surface area contributed by atoms with Crippen LogP contribution in [0.3, 0.4) is 0 Å². The summed E-state index contributed by atoms with van der Waals surface area (Å²) in [6.45, 7) is 5.74. The molecule has 0 fully saturated rings. The minimum Gasteiger partial charge on any atom is -0.475 e. The van der Waals surface area contributed by atoms with E-state index >= 15 is 0 Å². The Morgan fingerprint density at radius 3 is 2.65 bits per heavy atom. The summed E-state index contributed by atoms with van der Waals surface area (Å²) in [6.07, 6.45) is 0. The van der Waals surface area contributed by atoms with E-state index in [4.69, 9.17) is 9.52 Å². The molecule has 0 aromatic carbocycles. The molecule has 17 heavy (non-hydrogen) atoms. The highest BCUT2D eigenvalue weighted by Crippen LogP contribution is 2.15. The number of nitrogens with zero attached hydrogens (tertiary/aromatic N) is 3. The lowest BCUT2D eigenvalue weighted by Gasteiger charge is -1.98. The largest absolute Gasteiger partial charge is 0.475 e. The molecule has 0 aliphatic carbocycles. The fraction of sp³-hybridized carbons (Fsp3) is 0.364. The minimum atomic E-state index is -1.06. The molecule has 6 heteroatoms. The maximum absolute atomic E-state index is 10.8. The van der Waals surface area contributed by atoms with Crippen LogP contribution in [-0.2, 0) is 6.54 Å². The van der Waals surface area contributed by atoms with Crippen LogP contribution < -0.4 is 0 Å². The predicted molar refractivity (Wildman–Crippen MR) is 59.0 cm³/mol. The summed E-state index contributed by atoms with van der Waals surface area (Å²) in [6, 6.07) is 1.71. The van der Waals surface area contributed by atoms with Crippen LogP contribution in [0.1, 0.15) is 33.5 Å². The topological polar surface area (TPSA) is 81.2 Å². The number of carboxylic acids is 1. The zero-order valence-electron chi connectivity index (χ0n) is 9.89. The smallest absolute Gasteiger partial charge is 0.372 e. The van der Waals surface area contributed by atoms with Crippen LogP contribution in [0.2, 0.25) is 0 Å². The molecule has 2 aromatic heterocycles. The molecule has 0 radical (unpaired) electrons. The van der Waals surface area contributed by atoms with Gasteiger partial charge in [0.1, 0.15) is 24.0 Å². The number of furan rings is 1. The van der Waals surface area contributed by atoms with Gasteiger partial charge in [0.2, 0.25) is 5.76 Å². The molecule has 0 saturated carbocycles. The molecule has 0 saturated heterocycles. The van der Waals surface area contributed by atoms with Crippen LogP contribution in [0.5, 0.6) is 0 Å². The fourth-order valence-corrected chi connectivity index (χ4v) is 1.70. The summed E-state index contributed by atoms with van der Waals surface area (Å²) in [5, 5.41) is 13.1. The predicted octanol–water partition coefficient (Wildman–Crippen LogP) is 1.54. The Hall–Kier alpha value is -2.11. The van der Waals surface area contributed by atoms with Gasteiger partial charge in [-0.3, -0.25) is 0 Å². The summed E-state index contributed by atoms with van der Waals surface area (Å²) in [5.41, 5.74) is 0.613. The number of aromatic nitrogens is 3. The van der Waals surface area contributed by atoms with Crippen molar-refractivity contribution in [2.45, 2.75) is 27.3 Å². The summed E-state index contributed by atoms with van der Waals surface area (Å²) < 4.78 is 6.94. The maximum atomic E-state index is 10.8. The number of aromatic carboxylic acids is 1. The zero-order chi connectivity index (χ0) is 12.6. The molecule has 0 amide bonds. The van der Waals surface area contributed by atoms with E-state index < -0.39 is 5.97 Å². The summed E-state index contributed by atoms with van der Waals surface area (Å²) in [7, 11) is 0. The summed E-state index contributed by atoms with van der Waals surface area (Å²) in [4.78, 5) is 15.0. The third-order valence-electron chi connectivity index (χ3n) is 2.43. The first-order chi connectivity index (χ1) is 7.97. The van der Waals surface area contributed by atoms with E-state index in [0.29, 0.717) is 23.7 Å². The first-order valence-corrected chi connectivity index (χ1v) is 5.18. The molecule has 6 nitrogen and oxygen atoms in total. The van der Waals surface area contributed by atoms with Gasteiger partial charge in [-0.2, -0.15) is 5.10 Å². The third kappa shape index (κ3) is 2.20. The van der Waals surface area contributed by atoms with Crippen molar-refractivity contribution < 1.29 is 14.3 Å². The zero-order valence-corrected chi connectivity index (χ0v) is 9.89. The first-order valence-electron chi connectivity index (χ1n) is 5.18. The number of aryl methyl sites for hydroxylation is 3. The van der Waals surface area contributed by atoms with Crippen molar-refractivity contribution in [3.05, 3.63) is 34.8 Å². The van der Waals surface area contributed by atoms with Crippen LogP contribution in [0, 0.1) is 20.8 Å². The van der Waals surface area contributed by atoms with Gasteiger partial charge < -0.3 is 9.52 Å². The average Bonchev–Trinajstić information content (AvgIpc) is 2.71. The fourth-order valence-electron chi connectivity index (χ4n) is 1.70. The highest BCUT2D eigenvalue weighted by molar-refractivity contribution is 5.86. The standard InChI is InChI=1S/C11H13N3O3/c1-6-4-9(17-10(6)11(15)16)5-14-8(3)12-7(2)13-14/h4H,5H2,1-3H3,(H,15,16). The Labute approximate surface area is 97.9 Å². The number of carboxylic acid groups (broad SMARTS) is 1. The van der Waals surface area contributed by atoms with E-state index in [1.54, 1.807) is 24.6 Å². The Morgan fingerprint density at radius 2 is 2.18 bits per heavy atom. The minimum absolute atomic E-state index is 0.0190. The molecule has 0 aliphatic heterocycles. The van der Waals surface area contributed by atoms with Gasteiger partial charge >= 0.3 is 5.97 Å². The molecule has 0 atom stereocenters. The van der Waals surface area contributed by atoms with Gasteiger partial charge in [0, 0.05) is 5.56 Å². The molecule has 0 unspecified atom stereocenters. The third-order valence-corrected chi connectivity index (χ3v) is 2.43. The molecule has 1 N–H and O–H groups in total. The van der Waals surface area contributed by atoms with Gasteiger partial charge in [0.05, 0.1) is 0 Å². The van der Waals surface area contributed by atoms with E-state index in [1.165, 1.54) is 0 Å². The molecular weight excluding hydrogens is 222 g/mol. The van der Waals surface area contributed by atoms with E-state index in [2.05, 4.69) is 10.1 Å². The molecule has 0 aliphatic rings. The van der Waals surface area contributed by atoms with Gasteiger partial charge in [-0.05, 0) is 26.8 Å². The van der Waals surface area contributed by atoms with E-state index in [1.807, 2.05) is 6.92 Å². The van der Waals surface area contributed by atoms with E-state index in [0.717, 1.165) is 5.82 Å². The summed E-state index contributed by atoms with van der Waals surface area (Å²) >= 11 is 0. The average molecular weight is 235 g/mol. The van der Waals surface area contributed by atoms with Gasteiger partial charge in [-0.25, -0.2) is 14.5 Å².